The molecule has 6 N–H and O–H groups in total. The van der Waals surface area contributed by atoms with Crippen LogP contribution in [0.15, 0.2) is 59.6 Å². The van der Waals surface area contributed by atoms with Crippen LogP contribution in [0.2, 0.25) is 0 Å². The van der Waals surface area contributed by atoms with Gasteiger partial charge >= 0.3 is 0 Å². The number of nitrogens with zero attached hydrogens (tertiary/aromatic N) is 1. The second kappa shape index (κ2) is 11.2. The summed E-state index contributed by atoms with van der Waals surface area (Å²) in [6.45, 7) is 5.96. The number of nitrogens with one attached hydrogen (secondary N) is 3. The molecule has 1 heterocycles. The molecule has 2 saturated carbocycles. The molecule has 1 aromatic heterocycles. The minimum Gasteiger partial charge on any atom is -0.396 e. The van der Waals surface area contributed by atoms with Crippen molar-refractivity contribution in [1.82, 2.24) is 15.6 Å². The van der Waals surface area contributed by atoms with Crippen LogP contribution in [0, 0.1) is 23.7 Å². The lowest BCUT2D eigenvalue weighted by molar-refractivity contribution is -0.0745. The van der Waals surface area contributed by atoms with Crippen molar-refractivity contribution < 1.29 is 15.3 Å². The molecular weight excluding hydrogens is 476 g/mol. The number of fused-ring (bicyclic) bond motifs is 5. The molecule has 7 nitrogen and oxygen atoms in total. The van der Waals surface area contributed by atoms with Crippen LogP contribution in [0.4, 0.5) is 0 Å². The van der Waals surface area contributed by atoms with Gasteiger partial charge < -0.3 is 30.9 Å². The van der Waals surface area contributed by atoms with E-state index in [2.05, 4.69) is 63.6 Å². The van der Waals surface area contributed by atoms with Crippen molar-refractivity contribution in [3.63, 3.8) is 0 Å². The third-order valence-corrected chi connectivity index (χ3v) is 9.45. The van der Waals surface area contributed by atoms with Gasteiger partial charge in [-0.15, -0.1) is 0 Å². The lowest BCUT2D eigenvalue weighted by Crippen LogP contribution is -2.46. The Morgan fingerprint density at radius 2 is 2.00 bits per heavy atom. The summed E-state index contributed by atoms with van der Waals surface area (Å²) in [6.07, 6.45) is 10.3. The van der Waals surface area contributed by atoms with E-state index in [9.17, 15) is 10.2 Å². The summed E-state index contributed by atoms with van der Waals surface area (Å²) in [5.41, 5.74) is 1.88. The molecule has 0 saturated heterocycles. The van der Waals surface area contributed by atoms with Crippen LogP contribution < -0.4 is 10.6 Å². The number of aliphatic imine (C=N–C) groups is 1. The summed E-state index contributed by atoms with van der Waals surface area (Å²) in [5.74, 6) is 1.25. The highest BCUT2D eigenvalue weighted by Gasteiger charge is 2.57. The monoisotopic (exact) mass is 520 g/mol. The number of benzene rings is 1. The van der Waals surface area contributed by atoms with Crippen molar-refractivity contribution >= 4 is 16.9 Å². The van der Waals surface area contributed by atoms with Gasteiger partial charge in [-0.1, -0.05) is 42.5 Å². The van der Waals surface area contributed by atoms with E-state index in [-0.39, 0.29) is 30.3 Å². The number of hydrogen-bond donors (Lipinski definition) is 6. The molecular formula is C31H44N4O3. The maximum Gasteiger partial charge on any atom is 0.190 e. The second-order valence-corrected chi connectivity index (χ2v) is 11.8. The third-order valence-electron chi connectivity index (χ3n) is 9.45. The van der Waals surface area contributed by atoms with Crippen molar-refractivity contribution in [1.29, 1.82) is 0 Å². The van der Waals surface area contributed by atoms with Crippen LogP contribution >= 0.6 is 0 Å². The molecule has 0 unspecified atom stereocenters. The number of guanidine groups is 1. The molecule has 0 spiro atoms. The van der Waals surface area contributed by atoms with Crippen LogP contribution in [0.1, 0.15) is 50.6 Å². The van der Waals surface area contributed by atoms with E-state index in [0.717, 1.165) is 36.9 Å². The number of hydrogen-bond acceptors (Lipinski definition) is 4. The van der Waals surface area contributed by atoms with Crippen LogP contribution in [0.3, 0.4) is 0 Å². The highest BCUT2D eigenvalue weighted by molar-refractivity contribution is 5.80. The molecule has 2 aromatic rings. The van der Waals surface area contributed by atoms with Gasteiger partial charge in [0.1, 0.15) is 0 Å². The Balaban J connectivity index is 1.31. The molecule has 7 heteroatoms. The number of H-pyrrole nitrogens is 1. The van der Waals surface area contributed by atoms with Crippen molar-refractivity contribution in [2.24, 2.45) is 28.7 Å². The number of aromatic nitrogens is 1. The first-order valence-electron chi connectivity index (χ1n) is 14.3. The van der Waals surface area contributed by atoms with Crippen molar-refractivity contribution in [2.45, 2.75) is 62.6 Å². The smallest absolute Gasteiger partial charge is 0.190 e. The van der Waals surface area contributed by atoms with Crippen molar-refractivity contribution in [3.8, 4) is 0 Å². The second-order valence-electron chi connectivity index (χ2n) is 11.8. The average Bonchev–Trinajstić information content (AvgIpc) is 3.44. The predicted molar refractivity (Wildman–Crippen MR) is 153 cm³/mol. The highest BCUT2D eigenvalue weighted by Crippen LogP contribution is 2.57. The molecule has 1 aromatic carbocycles. The molecule has 0 aliphatic heterocycles. The zero-order chi connectivity index (χ0) is 26.8. The van der Waals surface area contributed by atoms with E-state index < -0.39 is 11.2 Å². The van der Waals surface area contributed by atoms with Gasteiger partial charge in [0.2, 0.25) is 0 Å². The minimum atomic E-state index is -0.839. The van der Waals surface area contributed by atoms with Gasteiger partial charge in [-0.3, -0.25) is 4.99 Å². The molecule has 2 bridgehead atoms. The molecule has 2 fully saturated rings. The van der Waals surface area contributed by atoms with Gasteiger partial charge in [0.25, 0.3) is 0 Å². The van der Waals surface area contributed by atoms with Crippen LogP contribution in [-0.4, -0.2) is 64.2 Å². The first-order chi connectivity index (χ1) is 18.3. The Kier molecular flexibility index (Phi) is 7.98. The van der Waals surface area contributed by atoms with E-state index in [1.165, 1.54) is 11.0 Å². The minimum absolute atomic E-state index is 0.0213. The van der Waals surface area contributed by atoms with Gasteiger partial charge in [-0.25, -0.2) is 0 Å². The Bertz CT molecular complexity index is 1160. The predicted octanol–water partition coefficient (Wildman–Crippen LogP) is 3.68. The number of aromatic amines is 1. The van der Waals surface area contributed by atoms with E-state index in [1.54, 1.807) is 7.05 Å². The molecule has 3 aliphatic carbocycles. The van der Waals surface area contributed by atoms with Gasteiger partial charge in [0.15, 0.2) is 5.96 Å². The van der Waals surface area contributed by atoms with Gasteiger partial charge in [-0.05, 0) is 86.1 Å². The van der Waals surface area contributed by atoms with E-state index in [1.807, 2.05) is 6.07 Å². The fraction of sp³-hybridized carbons (Fsp3) is 0.581. The van der Waals surface area contributed by atoms with Gasteiger partial charge in [0, 0.05) is 44.4 Å². The fourth-order valence-corrected chi connectivity index (χ4v) is 7.52. The zero-order valence-electron chi connectivity index (χ0n) is 22.6. The summed E-state index contributed by atoms with van der Waals surface area (Å²) in [5, 5.41) is 40.7. The van der Waals surface area contributed by atoms with Crippen LogP contribution in [0.5, 0.6) is 0 Å². The fourth-order valence-electron chi connectivity index (χ4n) is 7.52. The molecule has 206 valence electrons. The maximum absolute atomic E-state index is 12.0. The quantitative estimate of drug-likeness (QED) is 0.131. The summed E-state index contributed by atoms with van der Waals surface area (Å²) >= 11 is 0. The lowest BCUT2D eigenvalue weighted by atomic mass is 9.71. The van der Waals surface area contributed by atoms with Gasteiger partial charge in [0.05, 0.1) is 11.2 Å². The first kappa shape index (κ1) is 27.0. The molecule has 38 heavy (non-hydrogen) atoms. The Morgan fingerprint density at radius 1 is 1.18 bits per heavy atom. The zero-order valence-corrected chi connectivity index (χ0v) is 22.6. The summed E-state index contributed by atoms with van der Waals surface area (Å²) in [4.78, 5) is 7.81. The molecule has 6 atom stereocenters. The van der Waals surface area contributed by atoms with Crippen molar-refractivity contribution in [2.75, 3.05) is 26.7 Å². The maximum atomic E-state index is 12.0. The normalized spacial score (nSPS) is 32.7. The Labute approximate surface area is 226 Å². The molecule has 0 amide bonds. The van der Waals surface area contributed by atoms with Crippen LogP contribution in [-0.2, 0) is 6.42 Å². The molecule has 3 aliphatic rings. The lowest BCUT2D eigenvalue weighted by Gasteiger charge is -2.40. The summed E-state index contributed by atoms with van der Waals surface area (Å²) < 4.78 is 0. The highest BCUT2D eigenvalue weighted by atomic mass is 16.3. The number of para-hydroxylation sites is 1. The van der Waals surface area contributed by atoms with Crippen molar-refractivity contribution in [3.05, 3.63) is 60.3 Å². The number of aliphatic hydroxyl groups is 3. The van der Waals surface area contributed by atoms with Crippen LogP contribution in [0.25, 0.3) is 10.9 Å². The van der Waals surface area contributed by atoms with E-state index >= 15 is 0 Å². The SMILES string of the molecule is C=C(Cc1cc2ccccc2[nH]1)[C@@H]1C[C@H]2[C@H](CC[C@@]2(O)CCNC(=NC)NCCCO)[C@@]2(O)CC=C[C@@H]1C2. The number of aliphatic hydroxyl groups excluding tert-OH is 1. The topological polar surface area (TPSA) is 113 Å². The first-order valence-corrected chi connectivity index (χ1v) is 14.3. The number of rotatable bonds is 9. The standard InChI is InChI=1S/C31H44N4O3/c1-21(17-24-18-22-7-3-4-9-28(22)35-24)25-19-27-26(31(38)11-5-8-23(25)20-31)10-12-30(27,37)13-15-34-29(32-2)33-14-6-16-36/h3-5,7-9,18,23,25-27,35-38H,1,6,10-17,19-20H2,2H3,(H2,32,33,34)/t23-,25+,26+,27+,30-,31-/m1/s1. The van der Waals surface area contributed by atoms with E-state index in [0.29, 0.717) is 44.7 Å². The van der Waals surface area contributed by atoms with E-state index in [4.69, 9.17) is 5.11 Å². The number of allylic oxidation sites excluding steroid dienone is 2. The Morgan fingerprint density at radius 3 is 2.79 bits per heavy atom. The largest absolute Gasteiger partial charge is 0.396 e. The third kappa shape index (κ3) is 5.42. The Hall–Kier alpha value is -2.61. The molecule has 0 radical (unpaired) electrons. The average molecular weight is 521 g/mol. The summed E-state index contributed by atoms with van der Waals surface area (Å²) in [7, 11) is 1.73. The molecule has 5 rings (SSSR count). The van der Waals surface area contributed by atoms with Gasteiger partial charge in [-0.2, -0.15) is 0 Å². The summed E-state index contributed by atoms with van der Waals surface area (Å²) in [6, 6.07) is 10.6.